The normalized spacial score (nSPS) is 22.4. The van der Waals surface area contributed by atoms with Gasteiger partial charge in [-0.1, -0.05) is 6.92 Å². The molecule has 3 saturated heterocycles. The van der Waals surface area contributed by atoms with E-state index in [2.05, 4.69) is 31.5 Å². The number of likely N-dealkylation sites (tertiary alicyclic amines) is 1. The average molecular weight is 429 g/mol. The molecule has 3 fully saturated rings. The fourth-order valence-electron chi connectivity index (χ4n) is 5.14. The molecule has 31 heavy (non-hydrogen) atoms. The number of nitrogens with zero attached hydrogens (tertiary/aromatic N) is 8. The van der Waals surface area contributed by atoms with Gasteiger partial charge in [0.1, 0.15) is 11.1 Å². The zero-order valence-corrected chi connectivity index (χ0v) is 19.3. The van der Waals surface area contributed by atoms with E-state index in [1.54, 1.807) is 0 Å². The number of aryl methyl sites for hydroxylation is 1. The number of anilines is 2. The van der Waals surface area contributed by atoms with Crippen molar-refractivity contribution in [3.63, 3.8) is 0 Å². The Labute approximate surface area is 185 Å². The molecule has 2 aromatic rings. The quantitative estimate of drug-likeness (QED) is 0.652. The maximum absolute atomic E-state index is 5.79. The summed E-state index contributed by atoms with van der Waals surface area (Å²) in [5, 5.41) is 0. The summed E-state index contributed by atoms with van der Waals surface area (Å²) in [7, 11) is 3.83. The molecule has 0 aromatic carbocycles. The van der Waals surface area contributed by atoms with E-state index in [0.717, 1.165) is 68.6 Å². The lowest BCUT2D eigenvalue weighted by Gasteiger charge is -2.49. The standard InChI is InChI=1S/C22H36N8O/c1-4-22(31-3)15-30(16-22)20-18-19(23-17-26(18)2)24-21(25-20)29-13-11-28(12-14-29)10-9-27-7-5-6-8-27/h17H,4-16H2,1-3H3. The first-order valence-corrected chi connectivity index (χ1v) is 11.8. The Morgan fingerprint density at radius 1 is 0.935 bits per heavy atom. The molecule has 0 amide bonds. The van der Waals surface area contributed by atoms with Crippen LogP contribution >= 0.6 is 0 Å². The number of imidazole rings is 1. The van der Waals surface area contributed by atoms with Crippen LogP contribution in [-0.4, -0.2) is 107 Å². The van der Waals surface area contributed by atoms with Crippen LogP contribution in [0.15, 0.2) is 6.33 Å². The number of hydrogen-bond acceptors (Lipinski definition) is 8. The van der Waals surface area contributed by atoms with Gasteiger partial charge in [0.2, 0.25) is 5.95 Å². The van der Waals surface area contributed by atoms with Crippen molar-refractivity contribution >= 4 is 22.9 Å². The van der Waals surface area contributed by atoms with Gasteiger partial charge in [-0.05, 0) is 32.4 Å². The minimum atomic E-state index is -0.0585. The van der Waals surface area contributed by atoms with Crippen molar-refractivity contribution in [2.75, 3.05) is 82.4 Å². The van der Waals surface area contributed by atoms with Gasteiger partial charge in [-0.15, -0.1) is 0 Å². The molecule has 0 N–H and O–H groups in total. The van der Waals surface area contributed by atoms with Gasteiger partial charge in [0, 0.05) is 53.4 Å². The highest BCUT2D eigenvalue weighted by Crippen LogP contribution is 2.35. The smallest absolute Gasteiger partial charge is 0.229 e. The van der Waals surface area contributed by atoms with E-state index in [9.17, 15) is 0 Å². The molecular weight excluding hydrogens is 392 g/mol. The fourth-order valence-corrected chi connectivity index (χ4v) is 5.14. The number of methoxy groups -OCH3 is 1. The average Bonchev–Trinajstić information content (AvgIpc) is 3.42. The van der Waals surface area contributed by atoms with Gasteiger partial charge in [-0.3, -0.25) is 4.90 Å². The third kappa shape index (κ3) is 3.99. The highest BCUT2D eigenvalue weighted by molar-refractivity contribution is 5.85. The molecule has 0 spiro atoms. The number of aromatic nitrogens is 4. The minimum Gasteiger partial charge on any atom is -0.375 e. The van der Waals surface area contributed by atoms with Crippen molar-refractivity contribution in [2.45, 2.75) is 31.8 Å². The van der Waals surface area contributed by atoms with Crippen LogP contribution in [0.2, 0.25) is 0 Å². The van der Waals surface area contributed by atoms with Gasteiger partial charge < -0.3 is 24.0 Å². The van der Waals surface area contributed by atoms with Crippen molar-refractivity contribution in [1.29, 1.82) is 0 Å². The van der Waals surface area contributed by atoms with E-state index in [1.807, 2.05) is 25.1 Å². The molecule has 9 heteroatoms. The molecule has 3 aliphatic heterocycles. The predicted octanol–water partition coefficient (Wildman–Crippen LogP) is 1.20. The molecule has 5 rings (SSSR count). The van der Waals surface area contributed by atoms with E-state index in [0.29, 0.717) is 0 Å². The molecule has 9 nitrogen and oxygen atoms in total. The van der Waals surface area contributed by atoms with Crippen molar-refractivity contribution in [2.24, 2.45) is 7.05 Å². The zero-order chi connectivity index (χ0) is 21.4. The highest BCUT2D eigenvalue weighted by atomic mass is 16.5. The second-order valence-electron chi connectivity index (χ2n) is 9.35. The van der Waals surface area contributed by atoms with Crippen LogP contribution in [0.3, 0.4) is 0 Å². The van der Waals surface area contributed by atoms with Crippen molar-refractivity contribution in [1.82, 2.24) is 29.3 Å². The lowest BCUT2D eigenvalue weighted by molar-refractivity contribution is -0.0359. The number of fused-ring (bicyclic) bond motifs is 1. The van der Waals surface area contributed by atoms with E-state index in [-0.39, 0.29) is 5.60 Å². The summed E-state index contributed by atoms with van der Waals surface area (Å²) in [6, 6.07) is 0. The van der Waals surface area contributed by atoms with Crippen molar-refractivity contribution in [3.05, 3.63) is 6.33 Å². The van der Waals surface area contributed by atoms with Crippen molar-refractivity contribution in [3.8, 4) is 0 Å². The Morgan fingerprint density at radius 3 is 2.26 bits per heavy atom. The number of rotatable bonds is 7. The molecular formula is C22H36N8O. The van der Waals surface area contributed by atoms with Crippen molar-refractivity contribution < 1.29 is 4.74 Å². The number of piperazine rings is 1. The van der Waals surface area contributed by atoms with Crippen LogP contribution in [0, 0.1) is 0 Å². The minimum absolute atomic E-state index is 0.0585. The molecule has 0 atom stereocenters. The van der Waals surface area contributed by atoms with Crippen LogP contribution < -0.4 is 9.80 Å². The van der Waals surface area contributed by atoms with Gasteiger partial charge in [0.25, 0.3) is 0 Å². The van der Waals surface area contributed by atoms with Gasteiger partial charge in [-0.25, -0.2) is 4.98 Å². The molecule has 3 aliphatic rings. The maximum Gasteiger partial charge on any atom is 0.229 e. The molecule has 0 bridgehead atoms. The molecule has 0 aliphatic carbocycles. The molecule has 0 unspecified atom stereocenters. The SMILES string of the molecule is CCC1(OC)CN(c2nc(N3CCN(CCN4CCCC4)CC3)nc3ncn(C)c23)C1. The summed E-state index contributed by atoms with van der Waals surface area (Å²) < 4.78 is 7.82. The van der Waals surface area contributed by atoms with Crippen LogP contribution in [0.5, 0.6) is 0 Å². The van der Waals surface area contributed by atoms with E-state index >= 15 is 0 Å². The lowest BCUT2D eigenvalue weighted by Crippen LogP contribution is -2.63. The third-order valence-corrected chi connectivity index (χ3v) is 7.46. The van der Waals surface area contributed by atoms with Gasteiger partial charge >= 0.3 is 0 Å². The van der Waals surface area contributed by atoms with Crippen LogP contribution in [-0.2, 0) is 11.8 Å². The summed E-state index contributed by atoms with van der Waals surface area (Å²) in [4.78, 5) is 24.2. The molecule has 2 aromatic heterocycles. The monoisotopic (exact) mass is 428 g/mol. The van der Waals surface area contributed by atoms with Gasteiger partial charge in [-0.2, -0.15) is 9.97 Å². The molecule has 0 radical (unpaired) electrons. The van der Waals surface area contributed by atoms with E-state index < -0.39 is 0 Å². The topological polar surface area (TPSA) is 65.8 Å². The first kappa shape index (κ1) is 20.9. The third-order valence-electron chi connectivity index (χ3n) is 7.46. The lowest BCUT2D eigenvalue weighted by atomic mass is 9.91. The van der Waals surface area contributed by atoms with E-state index in [1.165, 1.54) is 39.0 Å². The molecule has 170 valence electrons. The fraction of sp³-hybridized carbons (Fsp3) is 0.773. The largest absolute Gasteiger partial charge is 0.375 e. The zero-order valence-electron chi connectivity index (χ0n) is 19.3. The summed E-state index contributed by atoms with van der Waals surface area (Å²) in [6.07, 6.45) is 5.58. The summed E-state index contributed by atoms with van der Waals surface area (Å²) in [6.45, 7) is 12.9. The first-order valence-electron chi connectivity index (χ1n) is 11.8. The van der Waals surface area contributed by atoms with Gasteiger partial charge in [0.15, 0.2) is 11.5 Å². The Balaban J connectivity index is 1.28. The van der Waals surface area contributed by atoms with Gasteiger partial charge in [0.05, 0.1) is 19.4 Å². The Morgan fingerprint density at radius 2 is 1.61 bits per heavy atom. The van der Waals surface area contributed by atoms with Crippen LogP contribution in [0.1, 0.15) is 26.2 Å². The maximum atomic E-state index is 5.79. The summed E-state index contributed by atoms with van der Waals surface area (Å²) >= 11 is 0. The predicted molar refractivity (Wildman–Crippen MR) is 123 cm³/mol. The summed E-state index contributed by atoms with van der Waals surface area (Å²) in [5.74, 6) is 1.80. The number of ether oxygens (including phenoxy) is 1. The second-order valence-corrected chi connectivity index (χ2v) is 9.35. The molecule has 5 heterocycles. The number of hydrogen-bond donors (Lipinski definition) is 0. The van der Waals surface area contributed by atoms with E-state index in [4.69, 9.17) is 14.7 Å². The van der Waals surface area contributed by atoms with Crippen LogP contribution in [0.25, 0.3) is 11.2 Å². The summed E-state index contributed by atoms with van der Waals surface area (Å²) in [5.41, 5.74) is 1.73. The molecule has 0 saturated carbocycles. The second kappa shape index (κ2) is 8.52. The Hall–Kier alpha value is -1.97. The highest BCUT2D eigenvalue weighted by Gasteiger charge is 2.43. The first-order chi connectivity index (χ1) is 15.1. The van der Waals surface area contributed by atoms with Crippen LogP contribution in [0.4, 0.5) is 11.8 Å². The Kier molecular flexibility index (Phi) is 5.75. The Bertz CT molecular complexity index is 888.